The number of fused-ring (bicyclic) bond motifs is 1. The molecule has 2 nitrogen and oxygen atoms in total. The molecule has 0 aliphatic heterocycles. The maximum absolute atomic E-state index is 5.53. The van der Waals surface area contributed by atoms with Crippen LogP contribution in [0.25, 0.3) is 0 Å². The Hall–Kier alpha value is -1.18. The summed E-state index contributed by atoms with van der Waals surface area (Å²) in [6.07, 6.45) is 3.62. The molecule has 0 N–H and O–H groups in total. The second kappa shape index (κ2) is 3.91. The molecule has 2 heteroatoms. The Bertz CT molecular complexity index is 331. The molecule has 1 aliphatic carbocycles. The Morgan fingerprint density at radius 2 is 1.79 bits per heavy atom. The van der Waals surface area contributed by atoms with Gasteiger partial charge in [-0.1, -0.05) is 0 Å². The van der Waals surface area contributed by atoms with Gasteiger partial charge >= 0.3 is 0 Å². The van der Waals surface area contributed by atoms with Crippen molar-refractivity contribution in [3.05, 3.63) is 23.3 Å². The molecular weight excluding hydrogens is 176 g/mol. The van der Waals surface area contributed by atoms with E-state index in [1.165, 1.54) is 30.4 Å². The van der Waals surface area contributed by atoms with Crippen molar-refractivity contribution in [3.8, 4) is 11.5 Å². The zero-order valence-corrected chi connectivity index (χ0v) is 8.80. The van der Waals surface area contributed by atoms with Gasteiger partial charge in [-0.25, -0.2) is 0 Å². The van der Waals surface area contributed by atoms with Crippen molar-refractivity contribution in [3.63, 3.8) is 0 Å². The van der Waals surface area contributed by atoms with Crippen molar-refractivity contribution in [1.29, 1.82) is 0 Å². The molecule has 0 fully saturated rings. The topological polar surface area (TPSA) is 18.5 Å². The number of hydrogen-bond acceptors (Lipinski definition) is 2. The van der Waals surface area contributed by atoms with Crippen molar-refractivity contribution in [2.45, 2.75) is 26.2 Å². The van der Waals surface area contributed by atoms with Gasteiger partial charge in [0.1, 0.15) is 0 Å². The minimum atomic E-state index is 0.690. The largest absolute Gasteiger partial charge is 0.493 e. The minimum absolute atomic E-state index is 0.690. The summed E-state index contributed by atoms with van der Waals surface area (Å²) in [5.74, 6) is 1.75. The molecule has 0 radical (unpaired) electrons. The fourth-order valence-corrected chi connectivity index (χ4v) is 2.01. The van der Waals surface area contributed by atoms with E-state index in [-0.39, 0.29) is 0 Å². The zero-order chi connectivity index (χ0) is 9.97. The quantitative estimate of drug-likeness (QED) is 0.732. The second-order valence-electron chi connectivity index (χ2n) is 3.56. The van der Waals surface area contributed by atoms with Crippen LogP contribution in [-0.4, -0.2) is 13.7 Å². The monoisotopic (exact) mass is 192 g/mol. The predicted octanol–water partition coefficient (Wildman–Crippen LogP) is 2.58. The number of methoxy groups -OCH3 is 1. The predicted molar refractivity (Wildman–Crippen MR) is 56.2 cm³/mol. The van der Waals surface area contributed by atoms with Crippen molar-refractivity contribution < 1.29 is 9.47 Å². The van der Waals surface area contributed by atoms with Crippen LogP contribution >= 0.6 is 0 Å². The number of hydrogen-bond donors (Lipinski definition) is 0. The van der Waals surface area contributed by atoms with Crippen LogP contribution in [0.4, 0.5) is 0 Å². The Kier molecular flexibility index (Phi) is 2.62. The van der Waals surface area contributed by atoms with E-state index in [4.69, 9.17) is 9.47 Å². The molecule has 0 atom stereocenters. The van der Waals surface area contributed by atoms with Crippen LogP contribution < -0.4 is 9.47 Å². The van der Waals surface area contributed by atoms with Crippen LogP contribution in [0, 0.1) is 0 Å². The van der Waals surface area contributed by atoms with Gasteiger partial charge in [-0.2, -0.15) is 0 Å². The molecule has 0 heterocycles. The van der Waals surface area contributed by atoms with Crippen LogP contribution in [0.1, 0.15) is 24.5 Å². The van der Waals surface area contributed by atoms with Gasteiger partial charge in [-0.3, -0.25) is 0 Å². The lowest BCUT2D eigenvalue weighted by molar-refractivity contribution is 0.310. The highest BCUT2D eigenvalue weighted by atomic mass is 16.5. The summed E-state index contributed by atoms with van der Waals surface area (Å²) < 4.78 is 10.8. The molecular formula is C12H16O2. The molecule has 0 saturated carbocycles. The highest BCUT2D eigenvalue weighted by Crippen LogP contribution is 2.34. The van der Waals surface area contributed by atoms with E-state index in [9.17, 15) is 0 Å². The molecule has 1 aromatic carbocycles. The summed E-state index contributed by atoms with van der Waals surface area (Å²) in [5.41, 5.74) is 2.85. The van der Waals surface area contributed by atoms with E-state index in [0.717, 1.165) is 11.5 Å². The number of ether oxygens (including phenoxy) is 2. The lowest BCUT2D eigenvalue weighted by Gasteiger charge is -2.11. The second-order valence-corrected chi connectivity index (χ2v) is 3.56. The van der Waals surface area contributed by atoms with Gasteiger partial charge in [0.05, 0.1) is 13.7 Å². The third-order valence-corrected chi connectivity index (χ3v) is 2.68. The van der Waals surface area contributed by atoms with E-state index in [0.29, 0.717) is 6.61 Å². The highest BCUT2D eigenvalue weighted by Gasteiger charge is 2.15. The van der Waals surface area contributed by atoms with Crippen molar-refractivity contribution >= 4 is 0 Å². The van der Waals surface area contributed by atoms with E-state index in [1.54, 1.807) is 7.11 Å². The first-order valence-corrected chi connectivity index (χ1v) is 5.17. The number of rotatable bonds is 3. The number of aryl methyl sites for hydroxylation is 2. The molecule has 0 amide bonds. The number of benzene rings is 1. The fraction of sp³-hybridized carbons (Fsp3) is 0.500. The molecule has 2 rings (SSSR count). The molecule has 76 valence electrons. The first-order chi connectivity index (χ1) is 6.85. The van der Waals surface area contributed by atoms with Gasteiger partial charge in [0.15, 0.2) is 11.5 Å². The van der Waals surface area contributed by atoms with Crippen molar-refractivity contribution in [2.75, 3.05) is 13.7 Å². The van der Waals surface area contributed by atoms with Gasteiger partial charge in [0.2, 0.25) is 0 Å². The summed E-state index contributed by atoms with van der Waals surface area (Å²) in [6.45, 7) is 2.68. The van der Waals surface area contributed by atoms with Crippen LogP contribution in [-0.2, 0) is 12.8 Å². The SMILES string of the molecule is CCOc1cc2c(cc1OC)CCC2. The van der Waals surface area contributed by atoms with E-state index >= 15 is 0 Å². The average Bonchev–Trinajstić information content (AvgIpc) is 2.64. The van der Waals surface area contributed by atoms with Gasteiger partial charge in [-0.05, 0) is 49.4 Å². The lowest BCUT2D eigenvalue weighted by atomic mass is 10.1. The maximum Gasteiger partial charge on any atom is 0.161 e. The van der Waals surface area contributed by atoms with Gasteiger partial charge in [0, 0.05) is 0 Å². The Morgan fingerprint density at radius 1 is 1.14 bits per heavy atom. The van der Waals surface area contributed by atoms with E-state index in [2.05, 4.69) is 12.1 Å². The summed E-state index contributed by atoms with van der Waals surface area (Å²) in [5, 5.41) is 0. The third-order valence-electron chi connectivity index (χ3n) is 2.68. The summed E-state index contributed by atoms with van der Waals surface area (Å²) >= 11 is 0. The average molecular weight is 192 g/mol. The first kappa shape index (κ1) is 9.38. The van der Waals surface area contributed by atoms with Gasteiger partial charge < -0.3 is 9.47 Å². The van der Waals surface area contributed by atoms with Crippen molar-refractivity contribution in [2.24, 2.45) is 0 Å². The molecule has 14 heavy (non-hydrogen) atoms. The highest BCUT2D eigenvalue weighted by molar-refractivity contribution is 5.48. The zero-order valence-electron chi connectivity index (χ0n) is 8.80. The Morgan fingerprint density at radius 3 is 2.36 bits per heavy atom. The lowest BCUT2D eigenvalue weighted by Crippen LogP contribution is -1.97. The van der Waals surface area contributed by atoms with Crippen LogP contribution in [0.3, 0.4) is 0 Å². The third kappa shape index (κ3) is 1.57. The van der Waals surface area contributed by atoms with Gasteiger partial charge in [0.25, 0.3) is 0 Å². The summed E-state index contributed by atoms with van der Waals surface area (Å²) in [4.78, 5) is 0. The van der Waals surface area contributed by atoms with Crippen molar-refractivity contribution in [1.82, 2.24) is 0 Å². The summed E-state index contributed by atoms with van der Waals surface area (Å²) in [7, 11) is 1.69. The molecule has 1 aliphatic rings. The van der Waals surface area contributed by atoms with E-state index < -0.39 is 0 Å². The van der Waals surface area contributed by atoms with E-state index in [1.807, 2.05) is 6.92 Å². The van der Waals surface area contributed by atoms with Crippen LogP contribution in [0.15, 0.2) is 12.1 Å². The van der Waals surface area contributed by atoms with Crippen LogP contribution in [0.2, 0.25) is 0 Å². The molecule has 0 saturated heterocycles. The first-order valence-electron chi connectivity index (χ1n) is 5.17. The normalized spacial score (nSPS) is 13.9. The van der Waals surface area contributed by atoms with Crippen LogP contribution in [0.5, 0.6) is 11.5 Å². The van der Waals surface area contributed by atoms with Gasteiger partial charge in [-0.15, -0.1) is 0 Å². The smallest absolute Gasteiger partial charge is 0.161 e. The summed E-state index contributed by atoms with van der Waals surface area (Å²) in [6, 6.07) is 4.25. The molecule has 0 spiro atoms. The minimum Gasteiger partial charge on any atom is -0.493 e. The fourth-order valence-electron chi connectivity index (χ4n) is 2.01. The maximum atomic E-state index is 5.53. The molecule has 0 bridgehead atoms. The molecule has 0 unspecified atom stereocenters. The Labute approximate surface area is 84.8 Å². The Balaban J connectivity index is 2.38. The molecule has 0 aromatic heterocycles. The molecule has 1 aromatic rings. The standard InChI is InChI=1S/C12H16O2/c1-3-14-12-8-10-6-4-5-9(10)7-11(12)13-2/h7-8H,3-6H2,1-2H3.